The summed E-state index contributed by atoms with van der Waals surface area (Å²) in [6.45, 7) is 5.56. The Labute approximate surface area is 88.9 Å². The summed E-state index contributed by atoms with van der Waals surface area (Å²) in [5.41, 5.74) is 0. The molecule has 0 aliphatic rings. The zero-order valence-electron chi connectivity index (χ0n) is 9.80. The third-order valence-corrected chi connectivity index (χ3v) is 2.24. The van der Waals surface area contributed by atoms with Crippen molar-refractivity contribution in [2.45, 2.75) is 38.5 Å². The molecule has 14 heavy (non-hydrogen) atoms. The van der Waals surface area contributed by atoms with Gasteiger partial charge >= 0.3 is 0 Å². The molecule has 0 aromatic carbocycles. The van der Waals surface area contributed by atoms with Crippen LogP contribution >= 0.6 is 0 Å². The van der Waals surface area contributed by atoms with Crippen LogP contribution in [-0.2, 0) is 4.74 Å². The SMILES string of the molecule is C=COCCCCCCCCN(C)C. The summed E-state index contributed by atoms with van der Waals surface area (Å²) >= 11 is 0. The van der Waals surface area contributed by atoms with Gasteiger partial charge in [0.05, 0.1) is 12.9 Å². The fourth-order valence-corrected chi connectivity index (χ4v) is 1.40. The highest BCUT2D eigenvalue weighted by Crippen LogP contribution is 2.05. The van der Waals surface area contributed by atoms with Crippen molar-refractivity contribution in [3.63, 3.8) is 0 Å². The number of rotatable bonds is 10. The van der Waals surface area contributed by atoms with Crippen molar-refractivity contribution in [2.24, 2.45) is 0 Å². The average molecular weight is 199 g/mol. The van der Waals surface area contributed by atoms with Crippen LogP contribution in [0.4, 0.5) is 0 Å². The summed E-state index contributed by atoms with van der Waals surface area (Å²) in [4.78, 5) is 2.25. The normalized spacial score (nSPS) is 10.5. The van der Waals surface area contributed by atoms with Crippen LogP contribution in [0.25, 0.3) is 0 Å². The summed E-state index contributed by atoms with van der Waals surface area (Å²) in [5, 5.41) is 0. The van der Waals surface area contributed by atoms with Crippen molar-refractivity contribution >= 4 is 0 Å². The quantitative estimate of drug-likeness (QED) is 0.396. The lowest BCUT2D eigenvalue weighted by Crippen LogP contribution is -2.12. The van der Waals surface area contributed by atoms with Crippen LogP contribution in [0.2, 0.25) is 0 Å². The lowest BCUT2D eigenvalue weighted by molar-refractivity contribution is 0.241. The van der Waals surface area contributed by atoms with Gasteiger partial charge in [-0.05, 0) is 33.5 Å². The molecule has 0 aromatic heterocycles. The Morgan fingerprint density at radius 3 is 2.14 bits per heavy atom. The molecule has 2 heteroatoms. The zero-order valence-corrected chi connectivity index (χ0v) is 9.80. The van der Waals surface area contributed by atoms with E-state index in [-0.39, 0.29) is 0 Å². The molecule has 0 bridgehead atoms. The second kappa shape index (κ2) is 10.6. The van der Waals surface area contributed by atoms with Gasteiger partial charge in [-0.1, -0.05) is 32.3 Å². The minimum absolute atomic E-state index is 0.835. The summed E-state index contributed by atoms with van der Waals surface area (Å²) < 4.78 is 5.05. The van der Waals surface area contributed by atoms with Gasteiger partial charge in [-0.2, -0.15) is 0 Å². The Kier molecular flexibility index (Phi) is 10.2. The van der Waals surface area contributed by atoms with E-state index < -0.39 is 0 Å². The molecule has 0 fully saturated rings. The fraction of sp³-hybridized carbons (Fsp3) is 0.833. The number of unbranched alkanes of at least 4 members (excludes halogenated alkanes) is 5. The van der Waals surface area contributed by atoms with Crippen molar-refractivity contribution in [3.05, 3.63) is 12.8 Å². The molecule has 0 radical (unpaired) electrons. The maximum absolute atomic E-state index is 5.05. The molecule has 0 amide bonds. The molecule has 84 valence electrons. The predicted molar refractivity (Wildman–Crippen MR) is 62.4 cm³/mol. The van der Waals surface area contributed by atoms with E-state index in [1.165, 1.54) is 51.3 Å². The summed E-state index contributed by atoms with van der Waals surface area (Å²) in [5.74, 6) is 0. The highest BCUT2D eigenvalue weighted by atomic mass is 16.5. The van der Waals surface area contributed by atoms with Crippen LogP contribution in [0.15, 0.2) is 12.8 Å². The highest BCUT2D eigenvalue weighted by Gasteiger charge is 1.92. The van der Waals surface area contributed by atoms with E-state index in [4.69, 9.17) is 4.74 Å². The molecule has 0 rings (SSSR count). The molecule has 0 atom stereocenters. The Balaban J connectivity index is 2.88. The Hall–Kier alpha value is -0.500. The van der Waals surface area contributed by atoms with Gasteiger partial charge in [0.25, 0.3) is 0 Å². The van der Waals surface area contributed by atoms with E-state index in [1.807, 2.05) is 0 Å². The van der Waals surface area contributed by atoms with E-state index in [2.05, 4.69) is 25.6 Å². The Morgan fingerprint density at radius 1 is 1.00 bits per heavy atom. The van der Waals surface area contributed by atoms with Crippen LogP contribution in [0, 0.1) is 0 Å². The predicted octanol–water partition coefficient (Wildman–Crippen LogP) is 3.05. The molecule has 0 aliphatic heterocycles. The molecule has 0 aromatic rings. The van der Waals surface area contributed by atoms with Crippen molar-refractivity contribution < 1.29 is 4.74 Å². The maximum atomic E-state index is 5.05. The van der Waals surface area contributed by atoms with E-state index in [1.54, 1.807) is 0 Å². The first-order valence-corrected chi connectivity index (χ1v) is 5.64. The molecule has 0 saturated heterocycles. The first kappa shape index (κ1) is 13.5. The second-order valence-corrected chi connectivity index (χ2v) is 3.96. The van der Waals surface area contributed by atoms with Gasteiger partial charge in [0.1, 0.15) is 0 Å². The smallest absolute Gasteiger partial charge is 0.0873 e. The van der Waals surface area contributed by atoms with Crippen molar-refractivity contribution in [1.82, 2.24) is 4.90 Å². The topological polar surface area (TPSA) is 12.5 Å². The fourth-order valence-electron chi connectivity index (χ4n) is 1.40. The second-order valence-electron chi connectivity index (χ2n) is 3.96. The lowest BCUT2D eigenvalue weighted by Gasteiger charge is -2.08. The molecule has 0 N–H and O–H groups in total. The molecule has 0 aliphatic carbocycles. The maximum Gasteiger partial charge on any atom is 0.0873 e. The van der Waals surface area contributed by atoms with Gasteiger partial charge in [-0.3, -0.25) is 0 Å². The first-order chi connectivity index (χ1) is 6.77. The van der Waals surface area contributed by atoms with Crippen LogP contribution in [0.5, 0.6) is 0 Å². The van der Waals surface area contributed by atoms with Crippen molar-refractivity contribution in [1.29, 1.82) is 0 Å². The van der Waals surface area contributed by atoms with Crippen molar-refractivity contribution in [3.8, 4) is 0 Å². The van der Waals surface area contributed by atoms with Crippen LogP contribution in [0.3, 0.4) is 0 Å². The first-order valence-electron chi connectivity index (χ1n) is 5.64. The van der Waals surface area contributed by atoms with E-state index in [9.17, 15) is 0 Å². The van der Waals surface area contributed by atoms with Crippen LogP contribution in [-0.4, -0.2) is 32.1 Å². The van der Waals surface area contributed by atoms with Gasteiger partial charge in [0.15, 0.2) is 0 Å². The molecule has 0 unspecified atom stereocenters. The van der Waals surface area contributed by atoms with Crippen LogP contribution in [0.1, 0.15) is 38.5 Å². The third-order valence-electron chi connectivity index (χ3n) is 2.24. The van der Waals surface area contributed by atoms with Gasteiger partial charge in [0.2, 0.25) is 0 Å². The molecule has 0 saturated carbocycles. The zero-order chi connectivity index (χ0) is 10.6. The Bertz CT molecular complexity index is 123. The van der Waals surface area contributed by atoms with Gasteiger partial charge < -0.3 is 9.64 Å². The number of nitrogens with zero attached hydrogens (tertiary/aromatic N) is 1. The highest BCUT2D eigenvalue weighted by molar-refractivity contribution is 4.51. The summed E-state index contributed by atoms with van der Waals surface area (Å²) in [7, 11) is 4.26. The Morgan fingerprint density at radius 2 is 1.57 bits per heavy atom. The van der Waals surface area contributed by atoms with Gasteiger partial charge in [0, 0.05) is 0 Å². The number of ether oxygens (including phenoxy) is 1. The monoisotopic (exact) mass is 199 g/mol. The van der Waals surface area contributed by atoms with Gasteiger partial charge in [-0.25, -0.2) is 0 Å². The largest absolute Gasteiger partial charge is 0.502 e. The molecule has 0 spiro atoms. The summed E-state index contributed by atoms with van der Waals surface area (Å²) in [6, 6.07) is 0. The molecule has 0 heterocycles. The molecular formula is C12H25NO. The number of hydrogen-bond donors (Lipinski definition) is 0. The lowest BCUT2D eigenvalue weighted by atomic mass is 10.1. The molecular weight excluding hydrogens is 174 g/mol. The van der Waals surface area contributed by atoms with Crippen molar-refractivity contribution in [2.75, 3.05) is 27.2 Å². The van der Waals surface area contributed by atoms with E-state index in [0.29, 0.717) is 0 Å². The van der Waals surface area contributed by atoms with E-state index >= 15 is 0 Å². The minimum Gasteiger partial charge on any atom is -0.502 e. The standard InChI is InChI=1S/C12H25NO/c1-4-14-12-10-8-6-5-7-9-11-13(2)3/h4H,1,5-12H2,2-3H3. The summed E-state index contributed by atoms with van der Waals surface area (Å²) in [6.07, 6.45) is 9.37. The van der Waals surface area contributed by atoms with Gasteiger partial charge in [-0.15, -0.1) is 0 Å². The number of hydrogen-bond acceptors (Lipinski definition) is 2. The minimum atomic E-state index is 0.835. The average Bonchev–Trinajstić information content (AvgIpc) is 2.15. The van der Waals surface area contributed by atoms with E-state index in [0.717, 1.165) is 6.61 Å². The third kappa shape index (κ3) is 11.5. The van der Waals surface area contributed by atoms with Crippen LogP contribution < -0.4 is 0 Å². The molecule has 2 nitrogen and oxygen atoms in total.